The van der Waals surface area contributed by atoms with Crippen LogP contribution in [-0.4, -0.2) is 22.3 Å². The Morgan fingerprint density at radius 1 is 1.38 bits per heavy atom. The zero-order valence-corrected chi connectivity index (χ0v) is 13.3. The van der Waals surface area contributed by atoms with Gasteiger partial charge in [-0.3, -0.25) is 14.9 Å². The van der Waals surface area contributed by atoms with E-state index in [1.165, 1.54) is 22.6 Å². The maximum atomic E-state index is 12.6. The van der Waals surface area contributed by atoms with Crippen molar-refractivity contribution in [2.45, 2.75) is 13.0 Å². The molecule has 1 aliphatic rings. The van der Waals surface area contributed by atoms with E-state index < -0.39 is 4.92 Å². The molecule has 5 nitrogen and oxygen atoms in total. The summed E-state index contributed by atoms with van der Waals surface area (Å²) in [6, 6.07) is 6.56. The highest BCUT2D eigenvalue weighted by molar-refractivity contribution is 9.10. The van der Waals surface area contributed by atoms with Gasteiger partial charge in [0.15, 0.2) is 0 Å². The van der Waals surface area contributed by atoms with Crippen molar-refractivity contribution in [1.82, 2.24) is 4.90 Å². The van der Waals surface area contributed by atoms with E-state index in [0.29, 0.717) is 18.7 Å². The molecule has 1 amide bonds. The Morgan fingerprint density at radius 2 is 2.19 bits per heavy atom. The van der Waals surface area contributed by atoms with Crippen molar-refractivity contribution in [3.05, 3.63) is 60.2 Å². The molecule has 7 heteroatoms. The molecular weight excluding hydrogens is 356 g/mol. The molecule has 0 N–H and O–H groups in total. The molecule has 2 aromatic rings. The molecule has 3 rings (SSSR count). The van der Waals surface area contributed by atoms with Crippen LogP contribution in [0.1, 0.15) is 20.8 Å². The summed E-state index contributed by atoms with van der Waals surface area (Å²) in [6.45, 7) is 1.20. The third-order valence-corrected chi connectivity index (χ3v) is 5.36. The smallest absolute Gasteiger partial charge is 0.284 e. The molecule has 0 unspecified atom stereocenters. The number of carbonyl (C=O) groups excluding carboxylic acids is 1. The first-order chi connectivity index (χ1) is 10.1. The molecule has 0 aliphatic carbocycles. The summed E-state index contributed by atoms with van der Waals surface area (Å²) in [5.41, 5.74) is 1.41. The fourth-order valence-corrected chi connectivity index (χ4v) is 3.89. The molecule has 1 aliphatic heterocycles. The third-order valence-electron chi connectivity index (χ3n) is 3.50. The Kier molecular flexibility index (Phi) is 3.77. The maximum Gasteiger partial charge on any atom is 0.284 e. The Bertz CT molecular complexity index is 729. The summed E-state index contributed by atoms with van der Waals surface area (Å²) in [6.07, 6.45) is 0.839. The number of nitro benzene ring substituents is 1. The Hall–Kier alpha value is -1.73. The van der Waals surface area contributed by atoms with Crippen molar-refractivity contribution in [3.8, 4) is 0 Å². The van der Waals surface area contributed by atoms with E-state index in [1.807, 2.05) is 11.4 Å². The predicted octanol–water partition coefficient (Wildman–Crippen LogP) is 3.62. The number of halogens is 1. The first-order valence-corrected chi connectivity index (χ1v) is 8.02. The zero-order valence-electron chi connectivity index (χ0n) is 10.9. The van der Waals surface area contributed by atoms with Crippen LogP contribution < -0.4 is 0 Å². The normalized spacial score (nSPS) is 13.9. The van der Waals surface area contributed by atoms with Crippen LogP contribution in [0, 0.1) is 10.1 Å². The molecule has 0 saturated carbocycles. The first kappa shape index (κ1) is 14.2. The van der Waals surface area contributed by atoms with Crippen LogP contribution in [0.3, 0.4) is 0 Å². The number of amides is 1. The lowest BCUT2D eigenvalue weighted by Gasteiger charge is -2.27. The Morgan fingerprint density at radius 3 is 2.95 bits per heavy atom. The summed E-state index contributed by atoms with van der Waals surface area (Å²) in [7, 11) is 0. The Labute approximate surface area is 133 Å². The number of hydrogen-bond acceptors (Lipinski definition) is 4. The van der Waals surface area contributed by atoms with Gasteiger partial charge in [-0.15, -0.1) is 11.3 Å². The van der Waals surface area contributed by atoms with Gasteiger partial charge in [-0.1, -0.05) is 6.07 Å². The number of benzene rings is 1. The van der Waals surface area contributed by atoms with Crippen LogP contribution in [-0.2, 0) is 13.0 Å². The quantitative estimate of drug-likeness (QED) is 0.602. The molecule has 0 bridgehead atoms. The van der Waals surface area contributed by atoms with Gasteiger partial charge in [0.25, 0.3) is 11.6 Å². The molecule has 0 saturated heterocycles. The lowest BCUT2D eigenvalue weighted by molar-refractivity contribution is -0.385. The van der Waals surface area contributed by atoms with Gasteiger partial charge >= 0.3 is 0 Å². The van der Waals surface area contributed by atoms with E-state index in [4.69, 9.17) is 0 Å². The van der Waals surface area contributed by atoms with Gasteiger partial charge in [0.1, 0.15) is 4.47 Å². The number of nitro groups is 1. The van der Waals surface area contributed by atoms with Gasteiger partial charge in [-0.25, -0.2) is 0 Å². The van der Waals surface area contributed by atoms with Crippen molar-refractivity contribution in [1.29, 1.82) is 0 Å². The average molecular weight is 367 g/mol. The lowest BCUT2D eigenvalue weighted by atomic mass is 10.1. The van der Waals surface area contributed by atoms with Crippen molar-refractivity contribution < 1.29 is 9.72 Å². The lowest BCUT2D eigenvalue weighted by Crippen LogP contribution is -2.35. The minimum Gasteiger partial charge on any atom is -0.334 e. The van der Waals surface area contributed by atoms with E-state index in [0.717, 1.165) is 6.42 Å². The van der Waals surface area contributed by atoms with Crippen molar-refractivity contribution in [3.63, 3.8) is 0 Å². The van der Waals surface area contributed by atoms with Crippen LogP contribution in [0.15, 0.2) is 34.1 Å². The maximum absolute atomic E-state index is 12.6. The molecule has 1 aromatic carbocycles. The van der Waals surface area contributed by atoms with Crippen LogP contribution in [0.2, 0.25) is 0 Å². The van der Waals surface area contributed by atoms with Crippen molar-refractivity contribution in [2.75, 3.05) is 6.54 Å². The number of carbonyl (C=O) groups is 1. The molecule has 0 atom stereocenters. The highest BCUT2D eigenvalue weighted by Gasteiger charge is 2.26. The topological polar surface area (TPSA) is 63.4 Å². The second-order valence-electron chi connectivity index (χ2n) is 4.74. The monoisotopic (exact) mass is 366 g/mol. The van der Waals surface area contributed by atoms with Crippen molar-refractivity contribution in [2.24, 2.45) is 0 Å². The highest BCUT2D eigenvalue weighted by atomic mass is 79.9. The summed E-state index contributed by atoms with van der Waals surface area (Å²) in [4.78, 5) is 26.1. The molecule has 21 heavy (non-hydrogen) atoms. The standard InChI is InChI=1S/C14H11BrN2O3S/c15-13-10(2-1-3-11(13)17(19)20)14(18)16-6-4-12-9(8-16)5-7-21-12/h1-3,5,7H,4,6,8H2. The van der Waals surface area contributed by atoms with Crippen LogP contribution in [0.4, 0.5) is 5.69 Å². The van der Waals surface area contributed by atoms with Crippen LogP contribution in [0.5, 0.6) is 0 Å². The summed E-state index contributed by atoms with van der Waals surface area (Å²) in [5.74, 6) is -0.178. The number of rotatable bonds is 2. The van der Waals surface area contributed by atoms with Gasteiger partial charge in [0.2, 0.25) is 0 Å². The average Bonchev–Trinajstić information content (AvgIpc) is 2.93. The van der Waals surface area contributed by atoms with E-state index >= 15 is 0 Å². The molecule has 0 spiro atoms. The van der Waals surface area contributed by atoms with Gasteiger partial charge < -0.3 is 4.90 Å². The molecule has 0 radical (unpaired) electrons. The molecule has 108 valence electrons. The zero-order chi connectivity index (χ0) is 15.0. The van der Waals surface area contributed by atoms with Crippen LogP contribution in [0.25, 0.3) is 0 Å². The summed E-state index contributed by atoms with van der Waals surface area (Å²) in [5, 5.41) is 13.0. The SMILES string of the molecule is O=C(c1cccc([N+](=O)[O-])c1Br)N1CCc2sccc2C1. The fourth-order valence-electron chi connectivity index (χ4n) is 2.42. The molecule has 2 heterocycles. The minimum atomic E-state index is -0.492. The van der Waals surface area contributed by atoms with E-state index in [-0.39, 0.29) is 16.1 Å². The number of fused-ring (bicyclic) bond motifs is 1. The fraction of sp³-hybridized carbons (Fsp3) is 0.214. The van der Waals surface area contributed by atoms with Gasteiger partial charge in [0, 0.05) is 24.0 Å². The van der Waals surface area contributed by atoms with Gasteiger partial charge in [0.05, 0.1) is 10.5 Å². The van der Waals surface area contributed by atoms with Gasteiger partial charge in [-0.05, 0) is 45.4 Å². The third kappa shape index (κ3) is 2.58. The molecule has 1 aromatic heterocycles. The van der Waals surface area contributed by atoms with E-state index in [1.54, 1.807) is 22.3 Å². The largest absolute Gasteiger partial charge is 0.334 e. The predicted molar refractivity (Wildman–Crippen MR) is 83.6 cm³/mol. The van der Waals surface area contributed by atoms with Crippen molar-refractivity contribution >= 4 is 38.9 Å². The van der Waals surface area contributed by atoms with E-state index in [2.05, 4.69) is 15.9 Å². The number of thiophene rings is 1. The summed E-state index contributed by atoms with van der Waals surface area (Å²) < 4.78 is 0.246. The molecule has 0 fully saturated rings. The second kappa shape index (κ2) is 5.57. The number of nitrogens with zero attached hydrogens (tertiary/aromatic N) is 2. The highest BCUT2D eigenvalue weighted by Crippen LogP contribution is 2.31. The minimum absolute atomic E-state index is 0.0888. The summed E-state index contributed by atoms with van der Waals surface area (Å²) >= 11 is 4.89. The first-order valence-electron chi connectivity index (χ1n) is 6.35. The molecular formula is C14H11BrN2O3S. The second-order valence-corrected chi connectivity index (χ2v) is 6.54. The van der Waals surface area contributed by atoms with Crippen LogP contribution >= 0.6 is 27.3 Å². The van der Waals surface area contributed by atoms with E-state index in [9.17, 15) is 14.9 Å². The van der Waals surface area contributed by atoms with Gasteiger partial charge in [-0.2, -0.15) is 0 Å². The Balaban J connectivity index is 1.90. The number of hydrogen-bond donors (Lipinski definition) is 0.